The predicted molar refractivity (Wildman–Crippen MR) is 96.1 cm³/mol. The number of carbonyl (C=O) groups is 2. The Bertz CT molecular complexity index is 1160. The Hall–Kier alpha value is -3.23. The first kappa shape index (κ1) is 16.0. The second-order valence-corrected chi connectivity index (χ2v) is 6.94. The molecule has 1 aliphatic carbocycles. The number of hydrogen-bond acceptors (Lipinski definition) is 5. The molecule has 1 saturated heterocycles. The second kappa shape index (κ2) is 5.63. The highest BCUT2D eigenvalue weighted by Crippen LogP contribution is 2.30. The molecule has 1 aromatic carbocycles. The van der Waals surface area contributed by atoms with Gasteiger partial charge < -0.3 is 4.90 Å². The highest BCUT2D eigenvalue weighted by molar-refractivity contribution is 6.02. The monoisotopic (exact) mass is 366 g/mol. The van der Waals surface area contributed by atoms with Gasteiger partial charge in [0.2, 0.25) is 5.78 Å². The van der Waals surface area contributed by atoms with Crippen molar-refractivity contribution in [2.45, 2.75) is 38.9 Å². The lowest BCUT2D eigenvalue weighted by Gasteiger charge is -2.16. The van der Waals surface area contributed by atoms with Crippen LogP contribution in [0.4, 0.5) is 4.79 Å². The average molecular weight is 366 g/mol. The number of urea groups is 1. The third-order valence-corrected chi connectivity index (χ3v) is 5.26. The number of fused-ring (bicyclic) bond motifs is 3. The molecule has 2 fully saturated rings. The Labute approximate surface area is 153 Å². The zero-order valence-electron chi connectivity index (χ0n) is 14.8. The van der Waals surface area contributed by atoms with Gasteiger partial charge in [-0.2, -0.15) is 0 Å². The molecular weight excluding hydrogens is 348 g/mol. The Morgan fingerprint density at radius 2 is 1.89 bits per heavy atom. The SMILES string of the molecule is CCn1c(=O)c2ccccc2n2c(CN3C(=O)CN(C4CC4)C3=O)nnc12. The third kappa shape index (κ3) is 2.27. The fraction of sp³-hybridized carbons (Fsp3) is 0.389. The fourth-order valence-electron chi connectivity index (χ4n) is 3.73. The summed E-state index contributed by atoms with van der Waals surface area (Å²) in [6.45, 7) is 2.47. The van der Waals surface area contributed by atoms with Gasteiger partial charge in [0.1, 0.15) is 6.54 Å². The number of carbonyl (C=O) groups excluding carboxylic acids is 2. The fourth-order valence-corrected chi connectivity index (χ4v) is 3.73. The molecule has 27 heavy (non-hydrogen) atoms. The molecule has 1 saturated carbocycles. The zero-order valence-corrected chi connectivity index (χ0v) is 14.8. The van der Waals surface area contributed by atoms with Gasteiger partial charge in [0, 0.05) is 12.6 Å². The number of para-hydroxylation sites is 1. The molecule has 3 amide bonds. The summed E-state index contributed by atoms with van der Waals surface area (Å²) < 4.78 is 3.31. The Balaban J connectivity index is 1.64. The minimum absolute atomic E-state index is 0.0357. The maximum absolute atomic E-state index is 12.7. The molecule has 0 atom stereocenters. The van der Waals surface area contributed by atoms with E-state index >= 15 is 0 Å². The average Bonchev–Trinajstić information content (AvgIpc) is 3.38. The summed E-state index contributed by atoms with van der Waals surface area (Å²) >= 11 is 0. The van der Waals surface area contributed by atoms with E-state index in [4.69, 9.17) is 0 Å². The topological polar surface area (TPSA) is 92.8 Å². The molecule has 9 nitrogen and oxygen atoms in total. The van der Waals surface area contributed by atoms with Crippen LogP contribution in [-0.2, 0) is 17.9 Å². The van der Waals surface area contributed by atoms with Gasteiger partial charge in [-0.05, 0) is 31.9 Å². The molecule has 0 unspecified atom stereocenters. The lowest BCUT2D eigenvalue weighted by Crippen LogP contribution is -2.34. The molecular formula is C18H18N6O3. The molecule has 2 aromatic heterocycles. The van der Waals surface area contributed by atoms with Gasteiger partial charge in [0.05, 0.1) is 17.4 Å². The van der Waals surface area contributed by atoms with Crippen LogP contribution in [0.3, 0.4) is 0 Å². The van der Waals surface area contributed by atoms with Crippen molar-refractivity contribution in [3.8, 4) is 0 Å². The van der Waals surface area contributed by atoms with Crippen molar-refractivity contribution in [1.82, 2.24) is 29.0 Å². The van der Waals surface area contributed by atoms with Gasteiger partial charge in [-0.1, -0.05) is 12.1 Å². The van der Waals surface area contributed by atoms with E-state index in [9.17, 15) is 14.4 Å². The zero-order chi connectivity index (χ0) is 18.7. The van der Waals surface area contributed by atoms with E-state index < -0.39 is 0 Å². The molecule has 0 radical (unpaired) electrons. The number of benzene rings is 1. The molecule has 0 bridgehead atoms. The first-order chi connectivity index (χ1) is 13.1. The van der Waals surface area contributed by atoms with E-state index in [0.717, 1.165) is 12.8 Å². The van der Waals surface area contributed by atoms with Crippen LogP contribution < -0.4 is 5.56 Å². The van der Waals surface area contributed by atoms with Crippen LogP contribution in [0.25, 0.3) is 16.7 Å². The number of amides is 3. The predicted octanol–water partition coefficient (Wildman–Crippen LogP) is 0.991. The first-order valence-electron chi connectivity index (χ1n) is 9.06. The molecule has 138 valence electrons. The van der Waals surface area contributed by atoms with Crippen LogP contribution in [0.2, 0.25) is 0 Å². The minimum Gasteiger partial charge on any atom is -0.312 e. The molecule has 3 aromatic rings. The van der Waals surface area contributed by atoms with E-state index in [2.05, 4.69) is 10.2 Å². The van der Waals surface area contributed by atoms with Crippen molar-refractivity contribution in [2.24, 2.45) is 0 Å². The van der Waals surface area contributed by atoms with E-state index in [-0.39, 0.29) is 36.6 Å². The van der Waals surface area contributed by atoms with Crippen LogP contribution in [0.1, 0.15) is 25.6 Å². The van der Waals surface area contributed by atoms with Gasteiger partial charge in [-0.3, -0.25) is 23.5 Å². The number of aryl methyl sites for hydroxylation is 1. The van der Waals surface area contributed by atoms with Crippen LogP contribution in [-0.4, -0.2) is 53.5 Å². The van der Waals surface area contributed by atoms with Gasteiger partial charge in [-0.15, -0.1) is 10.2 Å². The molecule has 0 N–H and O–H groups in total. The molecule has 9 heteroatoms. The Morgan fingerprint density at radius 3 is 2.63 bits per heavy atom. The van der Waals surface area contributed by atoms with E-state index in [1.54, 1.807) is 26.0 Å². The lowest BCUT2D eigenvalue weighted by molar-refractivity contribution is -0.125. The van der Waals surface area contributed by atoms with Crippen LogP contribution in [0.5, 0.6) is 0 Å². The number of hydrogen-bond donors (Lipinski definition) is 0. The highest BCUT2D eigenvalue weighted by Gasteiger charge is 2.44. The number of nitrogens with zero attached hydrogens (tertiary/aromatic N) is 6. The normalized spacial score (nSPS) is 17.7. The van der Waals surface area contributed by atoms with Crippen molar-refractivity contribution >= 4 is 28.6 Å². The maximum atomic E-state index is 12.7. The van der Waals surface area contributed by atoms with Gasteiger partial charge in [-0.25, -0.2) is 4.79 Å². The molecule has 3 heterocycles. The molecule has 2 aliphatic rings. The molecule has 0 spiro atoms. The van der Waals surface area contributed by atoms with Crippen molar-refractivity contribution in [2.75, 3.05) is 6.54 Å². The summed E-state index contributed by atoms with van der Waals surface area (Å²) in [6.07, 6.45) is 1.91. The first-order valence-corrected chi connectivity index (χ1v) is 9.06. The third-order valence-electron chi connectivity index (χ3n) is 5.26. The van der Waals surface area contributed by atoms with Gasteiger partial charge in [0.15, 0.2) is 5.82 Å². The van der Waals surface area contributed by atoms with E-state index in [1.165, 1.54) is 4.90 Å². The van der Waals surface area contributed by atoms with Crippen molar-refractivity contribution in [1.29, 1.82) is 0 Å². The largest absolute Gasteiger partial charge is 0.327 e. The summed E-state index contributed by atoms with van der Waals surface area (Å²) in [5.74, 6) is 0.647. The van der Waals surface area contributed by atoms with E-state index in [0.29, 0.717) is 29.0 Å². The van der Waals surface area contributed by atoms with Crippen molar-refractivity contribution < 1.29 is 9.59 Å². The standard InChI is InChI=1S/C18H18N6O3/c1-2-21-16(26)12-5-3-4-6-13(12)24-14(19-20-17(21)24)9-23-15(25)10-22(18(23)27)11-7-8-11/h3-6,11H,2,7-10H2,1H3. The lowest BCUT2D eigenvalue weighted by atomic mass is 10.2. The van der Waals surface area contributed by atoms with Crippen molar-refractivity contribution in [3.05, 3.63) is 40.4 Å². The molecule has 1 aliphatic heterocycles. The highest BCUT2D eigenvalue weighted by atomic mass is 16.2. The second-order valence-electron chi connectivity index (χ2n) is 6.94. The number of rotatable bonds is 4. The number of aromatic nitrogens is 4. The Kier molecular flexibility index (Phi) is 3.33. The van der Waals surface area contributed by atoms with Crippen LogP contribution in [0.15, 0.2) is 29.1 Å². The number of imide groups is 1. The van der Waals surface area contributed by atoms with Gasteiger partial charge >= 0.3 is 6.03 Å². The quantitative estimate of drug-likeness (QED) is 0.642. The summed E-state index contributed by atoms with van der Waals surface area (Å²) in [4.78, 5) is 40.6. The smallest absolute Gasteiger partial charge is 0.312 e. The summed E-state index contributed by atoms with van der Waals surface area (Å²) in [5.41, 5.74) is 0.535. The summed E-state index contributed by atoms with van der Waals surface area (Å²) in [7, 11) is 0. The van der Waals surface area contributed by atoms with Crippen molar-refractivity contribution in [3.63, 3.8) is 0 Å². The van der Waals surface area contributed by atoms with Crippen LogP contribution in [0, 0.1) is 0 Å². The van der Waals surface area contributed by atoms with Crippen LogP contribution >= 0.6 is 0 Å². The van der Waals surface area contributed by atoms with Gasteiger partial charge in [0.25, 0.3) is 11.5 Å². The maximum Gasteiger partial charge on any atom is 0.327 e. The molecule has 5 rings (SSSR count). The summed E-state index contributed by atoms with van der Waals surface area (Å²) in [6, 6.07) is 7.14. The summed E-state index contributed by atoms with van der Waals surface area (Å²) in [5, 5.41) is 8.92. The Morgan fingerprint density at radius 1 is 1.11 bits per heavy atom. The minimum atomic E-state index is -0.271. The van der Waals surface area contributed by atoms with E-state index in [1.807, 2.05) is 19.1 Å².